The maximum Gasteiger partial charge on any atom is 0.335 e. The molecule has 0 spiro atoms. The summed E-state index contributed by atoms with van der Waals surface area (Å²) in [7, 11) is 0. The van der Waals surface area contributed by atoms with Crippen LogP contribution in [0.5, 0.6) is 5.75 Å². The van der Waals surface area contributed by atoms with Crippen LogP contribution in [0.25, 0.3) is 0 Å². The lowest BCUT2D eigenvalue weighted by molar-refractivity contribution is -0.128. The minimum absolute atomic E-state index is 0.296. The van der Waals surface area contributed by atoms with Crippen molar-refractivity contribution >= 4 is 23.5 Å². The molecular weight excluding hydrogens is 326 g/mol. The van der Waals surface area contributed by atoms with Crippen molar-refractivity contribution in [2.45, 2.75) is 22.8 Å². The topological polar surface area (TPSA) is 72.8 Å². The van der Waals surface area contributed by atoms with Gasteiger partial charge in [-0.1, -0.05) is 35.7 Å². The molecule has 0 saturated heterocycles. The van der Waals surface area contributed by atoms with E-state index in [1.165, 1.54) is 18.7 Å². The van der Waals surface area contributed by atoms with E-state index in [9.17, 15) is 14.5 Å². The van der Waals surface area contributed by atoms with Gasteiger partial charge in [-0.3, -0.25) is 4.79 Å². The van der Waals surface area contributed by atoms with E-state index in [1.807, 2.05) is 12.1 Å². The summed E-state index contributed by atoms with van der Waals surface area (Å²) >= 11 is 1.50. The molecule has 0 aromatic heterocycles. The molecule has 24 heavy (non-hydrogen) atoms. The van der Waals surface area contributed by atoms with E-state index in [1.54, 1.807) is 36.4 Å². The first-order valence-corrected chi connectivity index (χ1v) is 7.94. The molecule has 0 bridgehead atoms. The first-order chi connectivity index (χ1) is 11.5. The van der Waals surface area contributed by atoms with Crippen LogP contribution in [0.4, 0.5) is 0 Å². The standard InChI is InChI=1S/C18H15NO4S/c1-3-17(20)23-14-6-10-16(11-7-14)24-15-8-4-13(5-9-15)18(21)12(2)19-22/h3-12H,1H2,2H3. The molecule has 0 N–H and O–H groups in total. The van der Waals surface area contributed by atoms with Gasteiger partial charge < -0.3 is 4.74 Å². The molecule has 0 aliphatic rings. The molecule has 0 fully saturated rings. The molecule has 0 amide bonds. The molecule has 2 aromatic rings. The highest BCUT2D eigenvalue weighted by atomic mass is 32.2. The molecule has 2 rings (SSSR count). The van der Waals surface area contributed by atoms with E-state index in [-0.39, 0.29) is 5.78 Å². The zero-order valence-corrected chi connectivity index (χ0v) is 13.8. The number of carbonyl (C=O) groups is 2. The van der Waals surface area contributed by atoms with Crippen LogP contribution >= 0.6 is 11.8 Å². The van der Waals surface area contributed by atoms with E-state index < -0.39 is 12.0 Å². The molecule has 1 atom stereocenters. The van der Waals surface area contributed by atoms with Crippen LogP contribution in [0, 0.1) is 4.91 Å². The molecule has 0 radical (unpaired) electrons. The van der Waals surface area contributed by atoms with Gasteiger partial charge in [0.05, 0.1) is 0 Å². The number of ketones is 1. The summed E-state index contributed by atoms with van der Waals surface area (Å²) in [6.45, 7) is 4.81. The quantitative estimate of drug-likeness (QED) is 0.247. The average molecular weight is 341 g/mol. The largest absolute Gasteiger partial charge is 0.423 e. The lowest BCUT2D eigenvalue weighted by Gasteiger charge is -2.06. The van der Waals surface area contributed by atoms with Gasteiger partial charge in [0.1, 0.15) is 5.75 Å². The minimum atomic E-state index is -0.880. The highest BCUT2D eigenvalue weighted by Gasteiger charge is 2.15. The van der Waals surface area contributed by atoms with Crippen LogP contribution in [0.15, 0.2) is 76.2 Å². The summed E-state index contributed by atoms with van der Waals surface area (Å²) in [5.74, 6) is -0.356. The van der Waals surface area contributed by atoms with E-state index in [0.717, 1.165) is 15.9 Å². The zero-order chi connectivity index (χ0) is 17.5. The Hall–Kier alpha value is -2.73. The summed E-state index contributed by atoms with van der Waals surface area (Å²) in [6, 6.07) is 13.1. The molecule has 0 aliphatic carbocycles. The van der Waals surface area contributed by atoms with Crippen molar-refractivity contribution in [1.29, 1.82) is 0 Å². The van der Waals surface area contributed by atoms with Gasteiger partial charge in [0.15, 0.2) is 11.8 Å². The minimum Gasteiger partial charge on any atom is -0.423 e. The Kier molecular flexibility index (Phi) is 6.03. The number of nitrogens with zero attached hydrogens (tertiary/aromatic N) is 1. The first-order valence-electron chi connectivity index (χ1n) is 7.12. The van der Waals surface area contributed by atoms with Crippen LogP contribution in [0.2, 0.25) is 0 Å². The number of Topliss-reactive ketones (excluding diaryl/α,β-unsaturated/α-hetero) is 1. The molecule has 122 valence electrons. The van der Waals surface area contributed by atoms with Crippen molar-refractivity contribution < 1.29 is 14.3 Å². The molecular formula is C18H15NO4S. The number of benzene rings is 2. The summed E-state index contributed by atoms with van der Waals surface area (Å²) in [5.41, 5.74) is 0.457. The third-order valence-corrected chi connectivity index (χ3v) is 4.14. The first kappa shape index (κ1) is 17.6. The van der Waals surface area contributed by atoms with E-state index in [0.29, 0.717) is 11.3 Å². The second-order valence-electron chi connectivity index (χ2n) is 4.87. The Morgan fingerprint density at radius 1 is 1.08 bits per heavy atom. The molecule has 1 unspecified atom stereocenters. The van der Waals surface area contributed by atoms with E-state index in [4.69, 9.17) is 4.74 Å². The highest BCUT2D eigenvalue weighted by Crippen LogP contribution is 2.29. The molecule has 5 nitrogen and oxygen atoms in total. The predicted octanol–water partition coefficient (Wildman–Crippen LogP) is 4.27. The molecule has 0 saturated carbocycles. The van der Waals surface area contributed by atoms with Gasteiger partial charge in [-0.2, -0.15) is 4.91 Å². The Bertz CT molecular complexity index is 754. The Morgan fingerprint density at radius 2 is 1.62 bits per heavy atom. The highest BCUT2D eigenvalue weighted by molar-refractivity contribution is 7.99. The zero-order valence-electron chi connectivity index (χ0n) is 13.0. The second-order valence-corrected chi connectivity index (χ2v) is 6.02. The van der Waals surface area contributed by atoms with Gasteiger partial charge >= 0.3 is 5.97 Å². The van der Waals surface area contributed by atoms with Gasteiger partial charge in [0, 0.05) is 21.4 Å². The van der Waals surface area contributed by atoms with Crippen molar-refractivity contribution in [2.75, 3.05) is 0 Å². The van der Waals surface area contributed by atoms with Crippen molar-refractivity contribution in [3.63, 3.8) is 0 Å². The van der Waals surface area contributed by atoms with Gasteiger partial charge in [-0.05, 0) is 43.3 Å². The normalized spacial score (nSPS) is 11.4. The molecule has 6 heteroatoms. The van der Waals surface area contributed by atoms with Crippen LogP contribution in [-0.4, -0.2) is 17.8 Å². The van der Waals surface area contributed by atoms with Gasteiger partial charge in [-0.15, -0.1) is 0 Å². The fourth-order valence-corrected chi connectivity index (χ4v) is 2.66. The summed E-state index contributed by atoms with van der Waals surface area (Å²) in [6.07, 6.45) is 1.10. The maximum absolute atomic E-state index is 11.8. The van der Waals surface area contributed by atoms with Gasteiger partial charge in [-0.25, -0.2) is 4.79 Å². The number of hydrogen-bond acceptors (Lipinski definition) is 6. The molecule has 2 aromatic carbocycles. The van der Waals surface area contributed by atoms with Crippen LogP contribution in [0.3, 0.4) is 0 Å². The molecule has 0 heterocycles. The van der Waals surface area contributed by atoms with E-state index >= 15 is 0 Å². The number of rotatable bonds is 7. The predicted molar refractivity (Wildman–Crippen MR) is 92.4 cm³/mol. The number of hydrogen-bond donors (Lipinski definition) is 0. The van der Waals surface area contributed by atoms with Gasteiger partial charge in [0.25, 0.3) is 0 Å². The van der Waals surface area contributed by atoms with Crippen molar-refractivity contribution in [2.24, 2.45) is 5.18 Å². The number of ether oxygens (including phenoxy) is 1. The SMILES string of the molecule is C=CC(=O)Oc1ccc(Sc2ccc(C(=O)C(C)N=O)cc2)cc1. The Balaban J connectivity index is 2.03. The Morgan fingerprint density at radius 3 is 2.12 bits per heavy atom. The van der Waals surface area contributed by atoms with Crippen molar-refractivity contribution in [1.82, 2.24) is 0 Å². The summed E-state index contributed by atoms with van der Waals surface area (Å²) < 4.78 is 5.01. The fraction of sp³-hybridized carbons (Fsp3) is 0.111. The lowest BCUT2D eigenvalue weighted by atomic mass is 10.1. The summed E-state index contributed by atoms with van der Waals surface area (Å²) in [4.78, 5) is 35.3. The number of nitroso groups, excluding NO2 is 1. The monoisotopic (exact) mass is 341 g/mol. The fourth-order valence-electron chi connectivity index (χ4n) is 1.85. The van der Waals surface area contributed by atoms with Crippen molar-refractivity contribution in [3.8, 4) is 5.75 Å². The third-order valence-electron chi connectivity index (χ3n) is 3.12. The van der Waals surface area contributed by atoms with E-state index in [2.05, 4.69) is 11.8 Å². The van der Waals surface area contributed by atoms with Crippen LogP contribution in [-0.2, 0) is 4.79 Å². The van der Waals surface area contributed by atoms with Crippen LogP contribution < -0.4 is 4.74 Å². The Labute approximate surface area is 143 Å². The smallest absolute Gasteiger partial charge is 0.335 e. The lowest BCUT2D eigenvalue weighted by Crippen LogP contribution is -2.13. The maximum atomic E-state index is 11.8. The second kappa shape index (κ2) is 8.21. The summed E-state index contributed by atoms with van der Waals surface area (Å²) in [5, 5.41) is 2.74. The average Bonchev–Trinajstić information content (AvgIpc) is 2.62. The number of esters is 1. The number of carbonyl (C=O) groups excluding carboxylic acids is 2. The van der Waals surface area contributed by atoms with Crippen LogP contribution in [0.1, 0.15) is 17.3 Å². The third kappa shape index (κ3) is 4.63. The van der Waals surface area contributed by atoms with Crippen molar-refractivity contribution in [3.05, 3.63) is 71.7 Å². The van der Waals surface area contributed by atoms with Gasteiger partial charge in [0.2, 0.25) is 0 Å². The molecule has 0 aliphatic heterocycles.